The van der Waals surface area contributed by atoms with Gasteiger partial charge in [-0.3, -0.25) is 4.79 Å². The highest BCUT2D eigenvalue weighted by Gasteiger charge is 2.87. The number of allylic oxidation sites excluding steroid dienone is 1. The molecule has 0 aromatic heterocycles. The maximum atomic E-state index is 13.5. The average Bonchev–Trinajstić information content (AvgIpc) is 3.26. The average molecular weight is 384 g/mol. The SMILES string of the molecule is C[Si]1(C)O[Si](C)(C)C12C1CCC(C1)C2(C(N)=O)c1cccc2c1C=CC2. The van der Waals surface area contributed by atoms with Crippen LogP contribution in [0, 0.1) is 11.8 Å². The van der Waals surface area contributed by atoms with Crippen molar-refractivity contribution in [3.63, 3.8) is 0 Å². The van der Waals surface area contributed by atoms with Crippen LogP contribution < -0.4 is 5.73 Å². The van der Waals surface area contributed by atoms with Gasteiger partial charge in [-0.25, -0.2) is 0 Å². The van der Waals surface area contributed by atoms with Gasteiger partial charge in [-0.15, -0.1) is 0 Å². The Bertz CT molecular complexity index is 846. The molecule has 4 aliphatic rings. The molecule has 1 heterocycles. The standard InChI is InChI=1S/C21H29NO2Si2/c1-25(2)21(26(3,4)24-25)16-12-11-15(13-16)20(21,19(22)23)18-10-6-8-14-7-5-9-17(14)18/h5-6,8-10,15-16H,7,11-13H2,1-4H3,(H2,22,23). The Labute approximate surface area is 158 Å². The van der Waals surface area contributed by atoms with E-state index >= 15 is 0 Å². The van der Waals surface area contributed by atoms with Gasteiger partial charge in [-0.2, -0.15) is 0 Å². The lowest BCUT2D eigenvalue weighted by molar-refractivity contribution is -0.127. The van der Waals surface area contributed by atoms with Crippen LogP contribution in [-0.2, 0) is 20.7 Å². The van der Waals surface area contributed by atoms with Crippen LogP contribution in [-0.4, -0.2) is 22.5 Å². The van der Waals surface area contributed by atoms with Crippen LogP contribution in [0.15, 0.2) is 24.3 Å². The Hall–Kier alpha value is -1.18. The molecule has 1 spiro atoms. The lowest BCUT2D eigenvalue weighted by atomic mass is 9.65. The molecule has 3 fully saturated rings. The molecule has 138 valence electrons. The van der Waals surface area contributed by atoms with Crippen molar-refractivity contribution in [2.24, 2.45) is 17.6 Å². The number of hydrogen-bond acceptors (Lipinski definition) is 2. The summed E-state index contributed by atoms with van der Waals surface area (Å²) in [6, 6.07) is 6.57. The van der Waals surface area contributed by atoms with Crippen LogP contribution in [0.2, 0.25) is 30.8 Å². The molecular formula is C21H29NO2Si2. The summed E-state index contributed by atoms with van der Waals surface area (Å²) in [6.45, 7) is 9.40. The fourth-order valence-electron chi connectivity index (χ4n) is 8.42. The minimum absolute atomic E-state index is 0.0211. The molecule has 3 nitrogen and oxygen atoms in total. The van der Waals surface area contributed by atoms with Gasteiger partial charge in [0.05, 0.1) is 5.41 Å². The molecule has 2 bridgehead atoms. The van der Waals surface area contributed by atoms with Crippen LogP contribution in [0.4, 0.5) is 0 Å². The Morgan fingerprint density at radius 3 is 2.50 bits per heavy atom. The van der Waals surface area contributed by atoms with Crippen molar-refractivity contribution in [1.29, 1.82) is 0 Å². The van der Waals surface area contributed by atoms with Gasteiger partial charge in [0.1, 0.15) is 0 Å². The molecule has 1 saturated heterocycles. The highest BCUT2D eigenvalue weighted by Crippen LogP contribution is 2.82. The van der Waals surface area contributed by atoms with Gasteiger partial charge in [-0.1, -0.05) is 30.4 Å². The zero-order chi connectivity index (χ0) is 18.5. The van der Waals surface area contributed by atoms with Crippen molar-refractivity contribution >= 4 is 28.6 Å². The number of carbonyl (C=O) groups is 1. The monoisotopic (exact) mass is 383 g/mol. The van der Waals surface area contributed by atoms with Gasteiger partial charge in [0, 0.05) is 4.66 Å². The van der Waals surface area contributed by atoms with Crippen LogP contribution in [0.1, 0.15) is 36.0 Å². The number of benzene rings is 1. The summed E-state index contributed by atoms with van der Waals surface area (Å²) in [5, 5.41) is 0. The maximum absolute atomic E-state index is 13.5. The number of amides is 1. The summed E-state index contributed by atoms with van der Waals surface area (Å²) in [5.41, 5.74) is 9.72. The van der Waals surface area contributed by atoms with Crippen LogP contribution in [0.5, 0.6) is 0 Å². The smallest absolute Gasteiger partial charge is 0.228 e. The third kappa shape index (κ3) is 1.51. The molecule has 0 radical (unpaired) electrons. The third-order valence-electron chi connectivity index (χ3n) is 8.32. The van der Waals surface area contributed by atoms with Crippen molar-refractivity contribution in [3.05, 3.63) is 41.0 Å². The normalized spacial score (nSPS) is 36.9. The zero-order valence-corrected chi connectivity index (χ0v) is 18.3. The van der Waals surface area contributed by atoms with E-state index in [4.69, 9.17) is 9.85 Å². The third-order valence-corrected chi connectivity index (χ3v) is 21.4. The molecule has 3 atom stereocenters. The highest BCUT2D eigenvalue weighted by atomic mass is 28.5. The van der Waals surface area contributed by atoms with Gasteiger partial charge >= 0.3 is 0 Å². The molecular weight excluding hydrogens is 354 g/mol. The summed E-state index contributed by atoms with van der Waals surface area (Å²) in [7, 11) is -4.07. The quantitative estimate of drug-likeness (QED) is 0.781. The van der Waals surface area contributed by atoms with Gasteiger partial charge in [0.2, 0.25) is 5.91 Å². The van der Waals surface area contributed by atoms with E-state index in [-0.39, 0.29) is 10.6 Å². The summed E-state index contributed by atoms with van der Waals surface area (Å²) in [4.78, 5) is 13.5. The Kier molecular flexibility index (Phi) is 3.13. The fourth-order valence-corrected chi connectivity index (χ4v) is 25.6. The largest absolute Gasteiger partial charge is 0.455 e. The number of primary amides is 1. The lowest BCUT2D eigenvalue weighted by Crippen LogP contribution is -2.83. The van der Waals surface area contributed by atoms with Crippen LogP contribution in [0.3, 0.4) is 0 Å². The molecule has 1 aromatic carbocycles. The second kappa shape index (κ2) is 4.80. The number of nitrogens with two attached hydrogens (primary N) is 1. The lowest BCUT2D eigenvalue weighted by Gasteiger charge is -2.72. The molecule has 1 amide bonds. The van der Waals surface area contributed by atoms with E-state index < -0.39 is 22.0 Å². The number of carbonyl (C=O) groups excluding carboxylic acids is 1. The number of fused-ring (bicyclic) bond motifs is 4. The van der Waals surface area contributed by atoms with E-state index in [0.29, 0.717) is 11.8 Å². The maximum Gasteiger partial charge on any atom is 0.228 e. The van der Waals surface area contributed by atoms with E-state index in [1.807, 2.05) is 0 Å². The molecule has 2 N–H and O–H groups in total. The van der Waals surface area contributed by atoms with E-state index in [9.17, 15) is 4.79 Å². The van der Waals surface area contributed by atoms with E-state index in [1.54, 1.807) is 0 Å². The summed E-state index contributed by atoms with van der Waals surface area (Å²) in [5.74, 6) is 0.911. The predicted octanol–water partition coefficient (Wildman–Crippen LogP) is 4.13. The second-order valence-corrected chi connectivity index (χ2v) is 18.7. The topological polar surface area (TPSA) is 52.3 Å². The van der Waals surface area contributed by atoms with Gasteiger partial charge in [0.25, 0.3) is 0 Å². The molecule has 1 aromatic rings. The first kappa shape index (κ1) is 17.0. The number of rotatable bonds is 2. The van der Waals surface area contributed by atoms with E-state index in [0.717, 1.165) is 19.3 Å². The van der Waals surface area contributed by atoms with Crippen LogP contribution in [0.25, 0.3) is 6.08 Å². The molecule has 5 rings (SSSR count). The fraction of sp³-hybridized carbons (Fsp3) is 0.571. The van der Waals surface area contributed by atoms with Crippen molar-refractivity contribution < 1.29 is 8.91 Å². The van der Waals surface area contributed by atoms with Crippen molar-refractivity contribution in [3.8, 4) is 0 Å². The van der Waals surface area contributed by atoms with E-state index in [1.165, 1.54) is 23.1 Å². The summed E-state index contributed by atoms with van der Waals surface area (Å²) >= 11 is 0. The molecule has 3 aliphatic carbocycles. The Balaban J connectivity index is 1.88. The number of hydrogen-bond donors (Lipinski definition) is 1. The first-order valence-electron chi connectivity index (χ1n) is 9.99. The Morgan fingerprint density at radius 2 is 1.85 bits per heavy atom. The van der Waals surface area contributed by atoms with Gasteiger partial charge in [-0.05, 0) is 80.4 Å². The van der Waals surface area contributed by atoms with Crippen molar-refractivity contribution in [2.75, 3.05) is 0 Å². The van der Waals surface area contributed by atoms with Crippen molar-refractivity contribution in [2.45, 2.75) is 61.9 Å². The molecule has 1 aliphatic heterocycles. The minimum atomic E-state index is -2.03. The van der Waals surface area contributed by atoms with Gasteiger partial charge < -0.3 is 9.85 Å². The zero-order valence-electron chi connectivity index (χ0n) is 16.3. The first-order valence-corrected chi connectivity index (χ1v) is 15.8. The highest BCUT2D eigenvalue weighted by molar-refractivity contribution is 7.07. The van der Waals surface area contributed by atoms with E-state index in [2.05, 4.69) is 56.5 Å². The van der Waals surface area contributed by atoms with Crippen molar-refractivity contribution in [1.82, 2.24) is 0 Å². The Morgan fingerprint density at radius 1 is 1.15 bits per heavy atom. The molecule has 3 unspecified atom stereocenters. The first-order chi connectivity index (χ1) is 12.2. The minimum Gasteiger partial charge on any atom is -0.455 e. The predicted molar refractivity (Wildman–Crippen MR) is 110 cm³/mol. The van der Waals surface area contributed by atoms with Gasteiger partial charge in [0.15, 0.2) is 16.6 Å². The van der Waals surface area contributed by atoms with Crippen LogP contribution >= 0.6 is 0 Å². The summed E-state index contributed by atoms with van der Waals surface area (Å²) in [6.07, 6.45) is 8.98. The molecule has 26 heavy (non-hydrogen) atoms. The molecule has 2 saturated carbocycles. The molecule has 5 heteroatoms. The summed E-state index contributed by atoms with van der Waals surface area (Å²) < 4.78 is 6.72. The second-order valence-electron chi connectivity index (χ2n) is 9.79.